The largest absolute Gasteiger partial charge is 0.228 e. The van der Waals surface area contributed by atoms with Gasteiger partial charge >= 0.3 is 0 Å². The highest BCUT2D eigenvalue weighted by Crippen LogP contribution is 2.29. The minimum Gasteiger partial charge on any atom is -0.228 e. The Morgan fingerprint density at radius 2 is 1.83 bits per heavy atom. The molecular weight excluding hydrogens is 172 g/mol. The Morgan fingerprint density at radius 1 is 1.25 bits per heavy atom. The molecule has 0 aliphatic carbocycles. The lowest BCUT2D eigenvalue weighted by molar-refractivity contribution is 0.459. The van der Waals surface area contributed by atoms with Gasteiger partial charge in [0.1, 0.15) is 0 Å². The predicted molar refractivity (Wildman–Crippen MR) is 50.9 cm³/mol. The second-order valence-corrected chi connectivity index (χ2v) is 6.70. The molecular formula is C9H18O2S. The van der Waals surface area contributed by atoms with Crippen LogP contribution in [-0.4, -0.2) is 18.9 Å². The smallest absolute Gasteiger partial charge is 0.155 e. The van der Waals surface area contributed by atoms with Crippen molar-refractivity contribution < 1.29 is 8.42 Å². The van der Waals surface area contributed by atoms with E-state index in [0.29, 0.717) is 0 Å². The third kappa shape index (κ3) is 1.65. The molecule has 1 unspecified atom stereocenters. The highest BCUT2D eigenvalue weighted by molar-refractivity contribution is 7.92. The minimum atomic E-state index is -2.80. The van der Waals surface area contributed by atoms with Crippen molar-refractivity contribution in [1.82, 2.24) is 0 Å². The van der Waals surface area contributed by atoms with Crippen molar-refractivity contribution in [3.8, 4) is 0 Å². The maximum absolute atomic E-state index is 11.8. The van der Waals surface area contributed by atoms with Gasteiger partial charge in [-0.1, -0.05) is 20.3 Å². The monoisotopic (exact) mass is 190 g/mol. The van der Waals surface area contributed by atoms with Crippen LogP contribution in [0.2, 0.25) is 0 Å². The van der Waals surface area contributed by atoms with Gasteiger partial charge in [0.2, 0.25) is 0 Å². The summed E-state index contributed by atoms with van der Waals surface area (Å²) < 4.78 is 23.5. The van der Waals surface area contributed by atoms with Gasteiger partial charge in [-0.3, -0.25) is 0 Å². The Bertz CT molecular complexity index is 241. The van der Waals surface area contributed by atoms with E-state index in [2.05, 4.69) is 0 Å². The first-order chi connectivity index (χ1) is 5.46. The Kier molecular flexibility index (Phi) is 2.81. The van der Waals surface area contributed by atoms with Crippen molar-refractivity contribution in [2.75, 3.05) is 0 Å². The topological polar surface area (TPSA) is 34.1 Å². The zero-order valence-electron chi connectivity index (χ0n) is 8.08. The summed E-state index contributed by atoms with van der Waals surface area (Å²) >= 11 is 0. The molecule has 1 rings (SSSR count). The molecule has 0 N–H and O–H groups in total. The van der Waals surface area contributed by atoms with Crippen LogP contribution >= 0.6 is 0 Å². The van der Waals surface area contributed by atoms with Crippen LogP contribution in [0.25, 0.3) is 0 Å². The molecule has 0 spiro atoms. The van der Waals surface area contributed by atoms with E-state index in [0.717, 1.165) is 19.3 Å². The molecule has 72 valence electrons. The third-order valence-electron chi connectivity index (χ3n) is 2.83. The van der Waals surface area contributed by atoms with Crippen molar-refractivity contribution in [3.05, 3.63) is 0 Å². The molecule has 1 saturated heterocycles. The SMILES string of the molecule is CC(C)C1CCC[C@@H](C)S1(=O)=O. The van der Waals surface area contributed by atoms with Gasteiger partial charge in [0.05, 0.1) is 10.5 Å². The van der Waals surface area contributed by atoms with Gasteiger partial charge in [0, 0.05) is 0 Å². The quantitative estimate of drug-likeness (QED) is 0.633. The lowest BCUT2D eigenvalue weighted by atomic mass is 10.0. The van der Waals surface area contributed by atoms with Gasteiger partial charge in [-0.25, -0.2) is 8.42 Å². The summed E-state index contributed by atoms with van der Waals surface area (Å²) in [6, 6.07) is 0. The highest BCUT2D eigenvalue weighted by atomic mass is 32.2. The van der Waals surface area contributed by atoms with Gasteiger partial charge in [-0.2, -0.15) is 0 Å². The fourth-order valence-electron chi connectivity index (χ4n) is 1.95. The summed E-state index contributed by atoms with van der Waals surface area (Å²) in [4.78, 5) is 0. The molecule has 0 aromatic rings. The summed E-state index contributed by atoms with van der Waals surface area (Å²) in [5.41, 5.74) is 0. The number of rotatable bonds is 1. The third-order valence-corrected chi connectivity index (χ3v) is 5.81. The minimum absolute atomic E-state index is 0.0822. The van der Waals surface area contributed by atoms with Crippen LogP contribution in [0.4, 0.5) is 0 Å². The van der Waals surface area contributed by atoms with Gasteiger partial charge in [0.25, 0.3) is 0 Å². The first-order valence-corrected chi connectivity index (χ1v) is 6.30. The van der Waals surface area contributed by atoms with Crippen molar-refractivity contribution in [3.63, 3.8) is 0 Å². The molecule has 1 fully saturated rings. The lowest BCUT2D eigenvalue weighted by Gasteiger charge is -2.29. The van der Waals surface area contributed by atoms with Crippen LogP contribution < -0.4 is 0 Å². The Morgan fingerprint density at radius 3 is 2.25 bits per heavy atom. The molecule has 0 aromatic heterocycles. The van der Waals surface area contributed by atoms with Crippen LogP contribution in [0.3, 0.4) is 0 Å². The van der Waals surface area contributed by atoms with Gasteiger partial charge < -0.3 is 0 Å². The van der Waals surface area contributed by atoms with E-state index in [4.69, 9.17) is 0 Å². The molecule has 1 aliphatic heterocycles. The normalized spacial score (nSPS) is 35.3. The molecule has 0 aromatic carbocycles. The van der Waals surface area contributed by atoms with E-state index in [1.165, 1.54) is 0 Å². The molecule has 0 bridgehead atoms. The van der Waals surface area contributed by atoms with Crippen molar-refractivity contribution in [1.29, 1.82) is 0 Å². The molecule has 0 radical (unpaired) electrons. The molecule has 0 saturated carbocycles. The summed E-state index contributed by atoms with van der Waals surface area (Å²) in [6.07, 6.45) is 2.79. The molecule has 2 nitrogen and oxygen atoms in total. The summed E-state index contributed by atoms with van der Waals surface area (Å²) in [5, 5.41) is -0.195. The average Bonchev–Trinajstić information content (AvgIpc) is 1.94. The van der Waals surface area contributed by atoms with Crippen LogP contribution in [0.15, 0.2) is 0 Å². The van der Waals surface area contributed by atoms with Crippen molar-refractivity contribution in [2.45, 2.75) is 50.5 Å². The zero-order chi connectivity index (χ0) is 9.35. The lowest BCUT2D eigenvalue weighted by Crippen LogP contribution is -2.37. The van der Waals surface area contributed by atoms with E-state index in [1.54, 1.807) is 0 Å². The summed E-state index contributed by atoms with van der Waals surface area (Å²) in [7, 11) is -2.80. The highest BCUT2D eigenvalue weighted by Gasteiger charge is 2.36. The van der Waals surface area contributed by atoms with Crippen LogP contribution in [-0.2, 0) is 9.84 Å². The Hall–Kier alpha value is -0.0500. The second kappa shape index (κ2) is 3.36. The Balaban J connectivity index is 2.88. The standard InChI is InChI=1S/C9H18O2S/c1-7(2)9-6-4-5-8(3)12(9,10)11/h7-9H,4-6H2,1-3H3/t8-,9?/m1/s1. The number of hydrogen-bond donors (Lipinski definition) is 0. The van der Waals surface area contributed by atoms with Crippen LogP contribution in [0.1, 0.15) is 40.0 Å². The molecule has 12 heavy (non-hydrogen) atoms. The van der Waals surface area contributed by atoms with Crippen molar-refractivity contribution in [2.24, 2.45) is 5.92 Å². The molecule has 2 atom stereocenters. The fourth-order valence-corrected chi connectivity index (χ4v) is 4.29. The van der Waals surface area contributed by atoms with Gasteiger partial charge in [-0.15, -0.1) is 0 Å². The molecule has 1 heterocycles. The van der Waals surface area contributed by atoms with Gasteiger partial charge in [0.15, 0.2) is 9.84 Å². The fraction of sp³-hybridized carbons (Fsp3) is 1.00. The van der Waals surface area contributed by atoms with Crippen LogP contribution in [0.5, 0.6) is 0 Å². The van der Waals surface area contributed by atoms with Crippen molar-refractivity contribution >= 4 is 9.84 Å². The van der Waals surface area contributed by atoms with E-state index in [1.807, 2.05) is 20.8 Å². The number of hydrogen-bond acceptors (Lipinski definition) is 2. The van der Waals surface area contributed by atoms with E-state index >= 15 is 0 Å². The zero-order valence-corrected chi connectivity index (χ0v) is 8.89. The first-order valence-electron chi connectivity index (χ1n) is 4.69. The number of sulfone groups is 1. The van der Waals surface area contributed by atoms with E-state index in [-0.39, 0.29) is 16.4 Å². The van der Waals surface area contributed by atoms with Gasteiger partial charge in [-0.05, 0) is 25.7 Å². The predicted octanol–water partition coefficient (Wildman–Crippen LogP) is 2.00. The van der Waals surface area contributed by atoms with E-state index < -0.39 is 9.84 Å². The maximum atomic E-state index is 11.8. The summed E-state index contributed by atoms with van der Waals surface area (Å²) in [5.74, 6) is 0.276. The average molecular weight is 190 g/mol. The van der Waals surface area contributed by atoms with E-state index in [9.17, 15) is 8.42 Å². The Labute approximate surface area is 75.3 Å². The molecule has 3 heteroatoms. The van der Waals surface area contributed by atoms with Crippen LogP contribution in [0, 0.1) is 5.92 Å². The summed E-state index contributed by atoms with van der Waals surface area (Å²) in [6.45, 7) is 5.84. The molecule has 1 aliphatic rings. The second-order valence-electron chi connectivity index (χ2n) is 4.11. The maximum Gasteiger partial charge on any atom is 0.155 e. The molecule has 0 amide bonds. The first kappa shape index (κ1) is 10.0.